The fourth-order valence-electron chi connectivity index (χ4n) is 2.66. The number of methoxy groups -OCH3 is 1. The summed E-state index contributed by atoms with van der Waals surface area (Å²) in [6.07, 6.45) is 0. The molecule has 1 heterocycles. The first-order valence-electron chi connectivity index (χ1n) is 8.01. The van der Waals surface area contributed by atoms with E-state index < -0.39 is 0 Å². The highest BCUT2D eigenvalue weighted by atomic mass is 16.5. The maximum atomic E-state index is 5.31. The van der Waals surface area contributed by atoms with Crippen molar-refractivity contribution in [1.82, 2.24) is 10.2 Å². The summed E-state index contributed by atoms with van der Waals surface area (Å²) in [5.74, 6) is 1.67. The molecule has 21 heavy (non-hydrogen) atoms. The molecule has 0 aliphatic carbocycles. The molecule has 1 aromatic rings. The number of piperazine rings is 1. The average Bonchev–Trinajstić information content (AvgIpc) is 2.52. The Morgan fingerprint density at radius 3 is 2.62 bits per heavy atom. The lowest BCUT2D eigenvalue weighted by Gasteiger charge is -2.36. The Bertz CT molecular complexity index is 414. The van der Waals surface area contributed by atoms with Crippen LogP contribution in [0.5, 0.6) is 5.75 Å². The zero-order valence-corrected chi connectivity index (χ0v) is 13.6. The minimum atomic E-state index is 0.731. The summed E-state index contributed by atoms with van der Waals surface area (Å²) >= 11 is 0. The third kappa shape index (κ3) is 5.21. The summed E-state index contributed by atoms with van der Waals surface area (Å²) in [5.41, 5.74) is 1.27. The van der Waals surface area contributed by atoms with E-state index in [1.807, 2.05) is 6.07 Å². The quantitative estimate of drug-likeness (QED) is 0.778. The van der Waals surface area contributed by atoms with Crippen LogP contribution in [0.1, 0.15) is 13.8 Å². The van der Waals surface area contributed by atoms with Crippen molar-refractivity contribution in [3.05, 3.63) is 24.3 Å². The Labute approximate surface area is 129 Å². The monoisotopic (exact) mass is 291 g/mol. The number of benzene rings is 1. The van der Waals surface area contributed by atoms with Gasteiger partial charge in [-0.3, -0.25) is 4.90 Å². The van der Waals surface area contributed by atoms with Gasteiger partial charge in [-0.1, -0.05) is 19.9 Å². The molecule has 0 unspecified atom stereocenters. The topological polar surface area (TPSA) is 27.7 Å². The fourth-order valence-corrected chi connectivity index (χ4v) is 2.66. The van der Waals surface area contributed by atoms with Crippen molar-refractivity contribution in [3.8, 4) is 5.75 Å². The molecule has 2 rings (SSSR count). The second-order valence-corrected chi connectivity index (χ2v) is 6.13. The van der Waals surface area contributed by atoms with Gasteiger partial charge in [-0.25, -0.2) is 0 Å². The van der Waals surface area contributed by atoms with Gasteiger partial charge in [0.25, 0.3) is 0 Å². The second kappa shape index (κ2) is 8.25. The van der Waals surface area contributed by atoms with Crippen molar-refractivity contribution in [1.29, 1.82) is 0 Å². The van der Waals surface area contributed by atoms with Crippen molar-refractivity contribution in [3.63, 3.8) is 0 Å². The number of rotatable bonds is 7. The van der Waals surface area contributed by atoms with Crippen LogP contribution < -0.4 is 15.0 Å². The van der Waals surface area contributed by atoms with Crippen LogP contribution in [0.2, 0.25) is 0 Å². The molecule has 1 N–H and O–H groups in total. The summed E-state index contributed by atoms with van der Waals surface area (Å²) in [5, 5.41) is 3.52. The number of hydrogen-bond acceptors (Lipinski definition) is 4. The van der Waals surface area contributed by atoms with Gasteiger partial charge in [0.2, 0.25) is 0 Å². The smallest absolute Gasteiger partial charge is 0.120 e. The lowest BCUT2D eigenvalue weighted by atomic mass is 10.2. The molecule has 1 saturated heterocycles. The first-order valence-corrected chi connectivity index (χ1v) is 8.01. The van der Waals surface area contributed by atoms with E-state index in [9.17, 15) is 0 Å². The van der Waals surface area contributed by atoms with E-state index in [4.69, 9.17) is 4.74 Å². The molecule has 0 bridgehead atoms. The average molecular weight is 291 g/mol. The molecule has 0 spiro atoms. The normalized spacial score (nSPS) is 16.5. The Balaban J connectivity index is 1.72. The Kier molecular flexibility index (Phi) is 6.33. The number of anilines is 1. The summed E-state index contributed by atoms with van der Waals surface area (Å²) in [4.78, 5) is 4.99. The zero-order valence-electron chi connectivity index (χ0n) is 13.6. The molecule has 4 heteroatoms. The highest BCUT2D eigenvalue weighted by molar-refractivity contribution is 5.51. The Morgan fingerprint density at radius 2 is 1.95 bits per heavy atom. The van der Waals surface area contributed by atoms with Gasteiger partial charge < -0.3 is 15.0 Å². The number of ether oxygens (including phenoxy) is 1. The minimum absolute atomic E-state index is 0.731. The van der Waals surface area contributed by atoms with Gasteiger partial charge in [0.1, 0.15) is 5.75 Å². The highest BCUT2D eigenvalue weighted by Crippen LogP contribution is 2.21. The molecule has 0 atom stereocenters. The van der Waals surface area contributed by atoms with Crippen molar-refractivity contribution < 1.29 is 4.74 Å². The standard InChI is InChI=1S/C17H29N3O/c1-15(2)14-18-7-8-19-9-11-20(12-10-19)16-5-4-6-17(13-16)21-3/h4-6,13,15,18H,7-12,14H2,1-3H3. The predicted molar refractivity (Wildman–Crippen MR) is 89.4 cm³/mol. The third-order valence-corrected chi connectivity index (χ3v) is 3.95. The molecule has 0 radical (unpaired) electrons. The van der Waals surface area contributed by atoms with Crippen molar-refractivity contribution >= 4 is 5.69 Å². The van der Waals surface area contributed by atoms with E-state index in [0.29, 0.717) is 0 Å². The lowest BCUT2D eigenvalue weighted by molar-refractivity contribution is 0.256. The maximum Gasteiger partial charge on any atom is 0.120 e. The molecule has 0 aromatic heterocycles. The minimum Gasteiger partial charge on any atom is -0.497 e. The summed E-state index contributed by atoms with van der Waals surface area (Å²) in [6, 6.07) is 8.36. The van der Waals surface area contributed by atoms with Gasteiger partial charge in [-0.05, 0) is 24.6 Å². The van der Waals surface area contributed by atoms with Crippen LogP contribution in [0.4, 0.5) is 5.69 Å². The van der Waals surface area contributed by atoms with E-state index in [1.165, 1.54) is 5.69 Å². The second-order valence-electron chi connectivity index (χ2n) is 6.13. The SMILES string of the molecule is COc1cccc(N2CCN(CCNCC(C)C)CC2)c1. The first kappa shape index (κ1) is 16.1. The largest absolute Gasteiger partial charge is 0.497 e. The molecule has 1 aromatic carbocycles. The molecule has 1 fully saturated rings. The molecular formula is C17H29N3O. The fraction of sp³-hybridized carbons (Fsp3) is 0.647. The molecule has 4 nitrogen and oxygen atoms in total. The van der Waals surface area contributed by atoms with Crippen LogP contribution in [0.3, 0.4) is 0 Å². The van der Waals surface area contributed by atoms with Gasteiger partial charge in [0.05, 0.1) is 7.11 Å². The van der Waals surface area contributed by atoms with Gasteiger partial charge in [0.15, 0.2) is 0 Å². The molecule has 1 aliphatic heterocycles. The Morgan fingerprint density at radius 1 is 1.19 bits per heavy atom. The van der Waals surface area contributed by atoms with Gasteiger partial charge in [-0.2, -0.15) is 0 Å². The number of nitrogens with zero attached hydrogens (tertiary/aromatic N) is 2. The number of nitrogens with one attached hydrogen (secondary N) is 1. The van der Waals surface area contributed by atoms with Gasteiger partial charge in [-0.15, -0.1) is 0 Å². The van der Waals surface area contributed by atoms with Crippen LogP contribution in [0, 0.1) is 5.92 Å². The van der Waals surface area contributed by atoms with Crippen molar-refractivity contribution in [2.45, 2.75) is 13.8 Å². The van der Waals surface area contributed by atoms with Crippen LogP contribution in [0.25, 0.3) is 0 Å². The molecule has 118 valence electrons. The zero-order chi connectivity index (χ0) is 15.1. The van der Waals surface area contributed by atoms with E-state index in [0.717, 1.165) is 57.5 Å². The van der Waals surface area contributed by atoms with Crippen molar-refractivity contribution in [2.24, 2.45) is 5.92 Å². The predicted octanol–water partition coefficient (Wildman–Crippen LogP) is 2.06. The van der Waals surface area contributed by atoms with Crippen molar-refractivity contribution in [2.75, 3.05) is 57.8 Å². The number of hydrogen-bond donors (Lipinski definition) is 1. The molecule has 1 aliphatic rings. The summed E-state index contributed by atoms with van der Waals surface area (Å²) in [7, 11) is 1.72. The summed E-state index contributed by atoms with van der Waals surface area (Å²) < 4.78 is 5.31. The molecular weight excluding hydrogens is 262 g/mol. The molecule has 0 amide bonds. The third-order valence-electron chi connectivity index (χ3n) is 3.95. The highest BCUT2D eigenvalue weighted by Gasteiger charge is 2.16. The van der Waals surface area contributed by atoms with E-state index in [-0.39, 0.29) is 0 Å². The van der Waals surface area contributed by atoms with Crippen LogP contribution >= 0.6 is 0 Å². The Hall–Kier alpha value is -1.26. The lowest BCUT2D eigenvalue weighted by Crippen LogP contribution is -2.48. The maximum absolute atomic E-state index is 5.31. The first-order chi connectivity index (χ1) is 10.2. The van der Waals surface area contributed by atoms with Crippen LogP contribution in [0.15, 0.2) is 24.3 Å². The van der Waals surface area contributed by atoms with Crippen LogP contribution in [-0.4, -0.2) is 57.8 Å². The van der Waals surface area contributed by atoms with Gasteiger partial charge in [0, 0.05) is 51.0 Å². The van der Waals surface area contributed by atoms with E-state index in [2.05, 4.69) is 47.2 Å². The van der Waals surface area contributed by atoms with Gasteiger partial charge >= 0.3 is 0 Å². The van der Waals surface area contributed by atoms with Crippen LogP contribution in [-0.2, 0) is 0 Å². The summed E-state index contributed by atoms with van der Waals surface area (Å²) in [6.45, 7) is 12.3. The van der Waals surface area contributed by atoms with E-state index in [1.54, 1.807) is 7.11 Å². The van der Waals surface area contributed by atoms with E-state index >= 15 is 0 Å². The molecule has 0 saturated carbocycles.